The second-order valence-electron chi connectivity index (χ2n) is 12.7. The van der Waals surface area contributed by atoms with Crippen LogP contribution in [0.2, 0.25) is 0 Å². The molecule has 3 amide bonds. The topological polar surface area (TPSA) is 149 Å². The van der Waals surface area contributed by atoms with Crippen molar-refractivity contribution in [3.63, 3.8) is 0 Å². The molecule has 13 heteroatoms. The van der Waals surface area contributed by atoms with Gasteiger partial charge < -0.3 is 25.5 Å². The molecule has 3 N–H and O–H groups in total. The summed E-state index contributed by atoms with van der Waals surface area (Å²) in [6, 6.07) is 12.3. The molecule has 2 aliphatic rings. The van der Waals surface area contributed by atoms with Crippen LogP contribution in [0.25, 0.3) is 0 Å². The normalized spacial score (nSPS) is 20.8. The first kappa shape index (κ1) is 35.0. The number of nitrogens with zero attached hydrogens (tertiary/aromatic N) is 7. The second-order valence-corrected chi connectivity index (χ2v) is 12.7. The Kier molecular flexibility index (Phi) is 12.1. The summed E-state index contributed by atoms with van der Waals surface area (Å²) in [5.41, 5.74) is 1.54. The summed E-state index contributed by atoms with van der Waals surface area (Å²) < 4.78 is 1.80. The zero-order chi connectivity index (χ0) is 34.0. The second kappa shape index (κ2) is 16.6. The summed E-state index contributed by atoms with van der Waals surface area (Å²) >= 11 is 0. The lowest BCUT2D eigenvalue weighted by Gasteiger charge is -2.36. The third-order valence-electron chi connectivity index (χ3n) is 9.33. The van der Waals surface area contributed by atoms with Crippen LogP contribution in [0.1, 0.15) is 66.7 Å². The van der Waals surface area contributed by atoms with E-state index in [1.165, 1.54) is 0 Å². The van der Waals surface area contributed by atoms with Gasteiger partial charge in [-0.25, -0.2) is 14.6 Å². The van der Waals surface area contributed by atoms with Crippen LogP contribution in [0, 0.1) is 12.8 Å². The lowest BCUT2D eigenvalue weighted by Crippen LogP contribution is -2.51. The number of nitrogens with one attached hydrogen (secondary N) is 2. The molecule has 0 bridgehead atoms. The molecule has 3 aromatic rings. The van der Waals surface area contributed by atoms with E-state index in [2.05, 4.69) is 25.4 Å². The summed E-state index contributed by atoms with van der Waals surface area (Å²) in [4.78, 5) is 56.8. The van der Waals surface area contributed by atoms with Crippen LogP contribution in [-0.4, -0.2) is 111 Å². The van der Waals surface area contributed by atoms with Gasteiger partial charge in [-0.2, -0.15) is 5.10 Å². The Bertz CT molecular complexity index is 1520. The van der Waals surface area contributed by atoms with Crippen molar-refractivity contribution in [3.05, 3.63) is 71.4 Å². The minimum Gasteiger partial charge on any atom is -0.395 e. The Hall–Kier alpha value is -4.36. The van der Waals surface area contributed by atoms with E-state index in [0.29, 0.717) is 81.6 Å². The number of fused-ring (bicyclic) bond motifs is 1. The number of amides is 3. The van der Waals surface area contributed by atoms with E-state index in [-0.39, 0.29) is 36.7 Å². The number of rotatable bonds is 8. The highest BCUT2D eigenvalue weighted by molar-refractivity contribution is 5.99. The van der Waals surface area contributed by atoms with Crippen molar-refractivity contribution >= 4 is 23.5 Å². The van der Waals surface area contributed by atoms with Crippen molar-refractivity contribution in [2.24, 2.45) is 5.92 Å². The maximum atomic E-state index is 14.3. The largest absolute Gasteiger partial charge is 0.395 e. The molecule has 5 rings (SSSR count). The zero-order valence-corrected chi connectivity index (χ0v) is 28.3. The first-order valence-electron chi connectivity index (χ1n) is 17.1. The average Bonchev–Trinajstić information content (AvgIpc) is 3.48. The van der Waals surface area contributed by atoms with E-state index in [9.17, 15) is 19.5 Å². The highest BCUT2D eigenvalue weighted by Gasteiger charge is 2.31. The van der Waals surface area contributed by atoms with E-state index < -0.39 is 12.1 Å². The van der Waals surface area contributed by atoms with Crippen LogP contribution >= 0.6 is 0 Å². The van der Waals surface area contributed by atoms with E-state index in [1.54, 1.807) is 21.8 Å². The number of hydrogen-bond donors (Lipinski definition) is 3. The standard InChI is InChI=1S/C35H49N9O4/c1-4-25(2)31-34(47)38-29(24-27-10-6-5-7-11-27)33-37-26(3)40-44(33)21-20-43(15-9-13-30(46)39-31)35(48)28-12-8-14-36-32(28)42-18-16-41(17-19-42)22-23-45/h5-8,10-12,14,25,29,31,45H,4,9,13,15-24H2,1-3H3,(H,38,47)(H,39,46)/t25-,29-,31-/m0/s1. The molecule has 0 spiro atoms. The van der Waals surface area contributed by atoms with E-state index in [1.807, 2.05) is 57.2 Å². The van der Waals surface area contributed by atoms with Crippen molar-refractivity contribution in [3.8, 4) is 0 Å². The number of β-amino-alcohol motifs (C(OH)–C–C–N with tert-alkyl or cyclic N) is 1. The number of piperazine rings is 1. The Morgan fingerprint density at radius 1 is 1.00 bits per heavy atom. The van der Waals surface area contributed by atoms with Crippen molar-refractivity contribution in [2.75, 3.05) is 57.3 Å². The Morgan fingerprint density at radius 2 is 1.77 bits per heavy atom. The van der Waals surface area contributed by atoms with Crippen LogP contribution in [0.3, 0.4) is 0 Å². The van der Waals surface area contributed by atoms with E-state index in [0.717, 1.165) is 18.7 Å². The van der Waals surface area contributed by atoms with Crippen LogP contribution in [0.5, 0.6) is 0 Å². The van der Waals surface area contributed by atoms with Crippen LogP contribution in [0.4, 0.5) is 5.82 Å². The third kappa shape index (κ3) is 8.75. The first-order valence-corrected chi connectivity index (χ1v) is 17.1. The number of aliphatic hydroxyl groups is 1. The maximum absolute atomic E-state index is 14.3. The van der Waals surface area contributed by atoms with Gasteiger partial charge in [0.2, 0.25) is 11.8 Å². The fourth-order valence-corrected chi connectivity index (χ4v) is 6.43. The molecule has 48 heavy (non-hydrogen) atoms. The van der Waals surface area contributed by atoms with Crippen molar-refractivity contribution in [1.82, 2.24) is 40.2 Å². The van der Waals surface area contributed by atoms with Crippen molar-refractivity contribution in [1.29, 1.82) is 0 Å². The van der Waals surface area contributed by atoms with Gasteiger partial charge in [-0.3, -0.25) is 19.3 Å². The minimum absolute atomic E-state index is 0.0913. The number of pyridine rings is 1. The molecular formula is C35H49N9O4. The van der Waals surface area contributed by atoms with Gasteiger partial charge in [0.15, 0.2) is 0 Å². The third-order valence-corrected chi connectivity index (χ3v) is 9.33. The smallest absolute Gasteiger partial charge is 0.257 e. The molecule has 1 saturated heterocycles. The summed E-state index contributed by atoms with van der Waals surface area (Å²) in [5.74, 6) is 1.09. The fourth-order valence-electron chi connectivity index (χ4n) is 6.43. The molecule has 1 fully saturated rings. The van der Waals surface area contributed by atoms with Crippen molar-refractivity contribution in [2.45, 2.75) is 65.1 Å². The van der Waals surface area contributed by atoms with Gasteiger partial charge >= 0.3 is 0 Å². The highest BCUT2D eigenvalue weighted by Crippen LogP contribution is 2.23. The molecule has 1 aromatic carbocycles. The van der Waals surface area contributed by atoms with Gasteiger partial charge in [0.05, 0.1) is 24.8 Å². The number of aliphatic hydroxyl groups excluding tert-OH is 1. The summed E-state index contributed by atoms with van der Waals surface area (Å²) in [5, 5.41) is 20.3. The molecule has 4 heterocycles. The summed E-state index contributed by atoms with van der Waals surface area (Å²) in [6.07, 6.45) is 3.51. The van der Waals surface area contributed by atoms with Crippen molar-refractivity contribution < 1.29 is 19.5 Å². The molecule has 2 aromatic heterocycles. The Labute approximate surface area is 282 Å². The molecule has 3 atom stereocenters. The summed E-state index contributed by atoms with van der Waals surface area (Å²) in [6.45, 7) is 10.5. The Morgan fingerprint density at radius 3 is 2.50 bits per heavy atom. The number of benzene rings is 1. The maximum Gasteiger partial charge on any atom is 0.257 e. The highest BCUT2D eigenvalue weighted by atomic mass is 16.3. The fraction of sp³-hybridized carbons (Fsp3) is 0.543. The lowest BCUT2D eigenvalue weighted by molar-refractivity contribution is -0.130. The molecule has 0 radical (unpaired) electrons. The molecule has 0 unspecified atom stereocenters. The minimum atomic E-state index is -0.713. The molecule has 0 saturated carbocycles. The predicted molar refractivity (Wildman–Crippen MR) is 182 cm³/mol. The number of carbonyl (C=O) groups is 3. The molecule has 13 nitrogen and oxygen atoms in total. The van der Waals surface area contributed by atoms with E-state index >= 15 is 0 Å². The number of hydrogen-bond acceptors (Lipinski definition) is 9. The molecule has 0 aliphatic carbocycles. The van der Waals surface area contributed by atoms with Crippen LogP contribution in [-0.2, 0) is 22.6 Å². The number of aromatic nitrogens is 4. The SMILES string of the molecule is CC[C@H](C)[C@@H]1NC(=O)CCCN(C(=O)c2cccnc2N2CCN(CCO)CC2)CCn2nc(C)nc2[C@H](Cc2ccccc2)NC1=O. The van der Waals surface area contributed by atoms with Crippen LogP contribution in [0.15, 0.2) is 48.7 Å². The molecular weight excluding hydrogens is 610 g/mol. The molecule has 2 aliphatic heterocycles. The predicted octanol–water partition coefficient (Wildman–Crippen LogP) is 1.96. The van der Waals surface area contributed by atoms with Gasteiger partial charge in [0, 0.05) is 58.4 Å². The summed E-state index contributed by atoms with van der Waals surface area (Å²) in [7, 11) is 0. The number of carbonyl (C=O) groups excluding carboxylic acids is 3. The van der Waals surface area contributed by atoms with Gasteiger partial charge in [-0.15, -0.1) is 0 Å². The lowest BCUT2D eigenvalue weighted by atomic mass is 9.97. The van der Waals surface area contributed by atoms with Gasteiger partial charge in [0.1, 0.15) is 23.5 Å². The quantitative estimate of drug-likeness (QED) is 0.330. The van der Waals surface area contributed by atoms with Crippen LogP contribution < -0.4 is 15.5 Å². The molecule has 258 valence electrons. The van der Waals surface area contributed by atoms with Gasteiger partial charge in [-0.05, 0) is 43.4 Å². The average molecular weight is 660 g/mol. The van der Waals surface area contributed by atoms with Gasteiger partial charge in [-0.1, -0.05) is 50.6 Å². The first-order chi connectivity index (χ1) is 23.3. The Balaban J connectivity index is 1.45. The number of aryl methyl sites for hydroxylation is 1. The monoisotopic (exact) mass is 659 g/mol. The van der Waals surface area contributed by atoms with E-state index in [4.69, 9.17) is 10.1 Å². The van der Waals surface area contributed by atoms with Gasteiger partial charge in [0.25, 0.3) is 5.91 Å². The zero-order valence-electron chi connectivity index (χ0n) is 28.3. The number of anilines is 1.